The number of nitrogens with one attached hydrogen (secondary N) is 2. The van der Waals surface area contributed by atoms with E-state index in [0.717, 1.165) is 30.6 Å². The maximum Gasteiger partial charge on any atom is 0.315 e. The first-order valence-corrected chi connectivity index (χ1v) is 7.45. The Morgan fingerprint density at radius 3 is 2.81 bits per heavy atom. The van der Waals surface area contributed by atoms with Crippen LogP contribution in [0.25, 0.3) is 0 Å². The predicted molar refractivity (Wildman–Crippen MR) is 83.3 cm³/mol. The van der Waals surface area contributed by atoms with Crippen molar-refractivity contribution >= 4 is 17.6 Å². The zero-order valence-electron chi connectivity index (χ0n) is 12.9. The van der Waals surface area contributed by atoms with Gasteiger partial charge < -0.3 is 15.5 Å². The van der Waals surface area contributed by atoms with Gasteiger partial charge in [-0.05, 0) is 37.0 Å². The Labute approximate surface area is 125 Å². The van der Waals surface area contributed by atoms with Crippen LogP contribution in [0.15, 0.2) is 18.2 Å². The van der Waals surface area contributed by atoms with Gasteiger partial charge in [-0.2, -0.15) is 0 Å². The van der Waals surface area contributed by atoms with E-state index in [-0.39, 0.29) is 18.0 Å². The Bertz CT molecular complexity index is 542. The molecule has 2 N–H and O–H groups in total. The fourth-order valence-corrected chi connectivity index (χ4v) is 2.45. The molecule has 2 rings (SSSR count). The molecule has 0 aromatic heterocycles. The first-order chi connectivity index (χ1) is 10.0. The Kier molecular flexibility index (Phi) is 4.83. The lowest BCUT2D eigenvalue weighted by molar-refractivity contribution is -0.116. The van der Waals surface area contributed by atoms with Gasteiger partial charge in [0.1, 0.15) is 0 Å². The van der Waals surface area contributed by atoms with Crippen molar-refractivity contribution in [3.05, 3.63) is 29.3 Å². The molecule has 1 unspecified atom stereocenters. The van der Waals surface area contributed by atoms with Crippen molar-refractivity contribution in [3.8, 4) is 0 Å². The highest BCUT2D eigenvalue weighted by molar-refractivity contribution is 5.93. The minimum atomic E-state index is -0.143. The molecular formula is C16H23N3O2. The summed E-state index contributed by atoms with van der Waals surface area (Å²) in [6.45, 7) is 6.84. The Morgan fingerprint density at radius 1 is 1.38 bits per heavy atom. The molecule has 5 nitrogen and oxygen atoms in total. The number of hydrogen-bond donors (Lipinski definition) is 2. The summed E-state index contributed by atoms with van der Waals surface area (Å²) < 4.78 is 0. The monoisotopic (exact) mass is 289 g/mol. The minimum Gasteiger partial charge on any atom is -0.336 e. The molecular weight excluding hydrogens is 266 g/mol. The molecule has 1 heterocycles. The van der Waals surface area contributed by atoms with Crippen LogP contribution in [0.3, 0.4) is 0 Å². The van der Waals surface area contributed by atoms with E-state index >= 15 is 0 Å². The van der Waals surface area contributed by atoms with Crippen LogP contribution in [0, 0.1) is 0 Å². The third-order valence-corrected chi connectivity index (χ3v) is 3.86. The van der Waals surface area contributed by atoms with Crippen LogP contribution in [0.5, 0.6) is 0 Å². The number of anilines is 1. The molecule has 0 radical (unpaired) electrons. The third kappa shape index (κ3) is 3.74. The summed E-state index contributed by atoms with van der Waals surface area (Å²) in [6, 6.07) is 6.03. The number of rotatable bonds is 4. The number of carbonyl (C=O) groups is 2. The summed E-state index contributed by atoms with van der Waals surface area (Å²) in [6.07, 6.45) is 1.79. The number of carbonyl (C=O) groups excluding carboxylic acids is 2. The number of amides is 3. The van der Waals surface area contributed by atoms with Gasteiger partial charge in [0.05, 0.1) is 0 Å². The van der Waals surface area contributed by atoms with E-state index in [1.807, 2.05) is 26.0 Å². The summed E-state index contributed by atoms with van der Waals surface area (Å²) in [5.41, 5.74) is 3.22. The summed E-state index contributed by atoms with van der Waals surface area (Å²) >= 11 is 0. The molecule has 1 aliphatic rings. The van der Waals surface area contributed by atoms with E-state index < -0.39 is 0 Å². The van der Waals surface area contributed by atoms with Crippen molar-refractivity contribution in [1.29, 1.82) is 0 Å². The molecule has 1 aromatic rings. The van der Waals surface area contributed by atoms with Crippen LogP contribution in [0.2, 0.25) is 0 Å². The molecule has 5 heteroatoms. The fourth-order valence-electron chi connectivity index (χ4n) is 2.45. The lowest BCUT2D eigenvalue weighted by Gasteiger charge is -2.15. The number of benzene rings is 1. The molecule has 0 spiro atoms. The van der Waals surface area contributed by atoms with Crippen molar-refractivity contribution in [3.63, 3.8) is 0 Å². The Hall–Kier alpha value is -2.04. The number of hydrogen-bond acceptors (Lipinski definition) is 2. The molecule has 21 heavy (non-hydrogen) atoms. The molecule has 0 aliphatic carbocycles. The number of urea groups is 1. The number of fused-ring (bicyclic) bond motifs is 1. The van der Waals surface area contributed by atoms with Crippen LogP contribution in [-0.4, -0.2) is 24.5 Å². The van der Waals surface area contributed by atoms with Crippen molar-refractivity contribution in [1.82, 2.24) is 10.6 Å². The topological polar surface area (TPSA) is 61.4 Å². The SMILES string of the molecule is CCC(C)NC(=O)NCc1ccc2c(c1)CCN2C(C)=O. The summed E-state index contributed by atoms with van der Waals surface area (Å²) in [5, 5.41) is 5.73. The van der Waals surface area contributed by atoms with Gasteiger partial charge in [-0.15, -0.1) is 0 Å². The minimum absolute atomic E-state index is 0.0764. The predicted octanol–water partition coefficient (Wildman–Crippen LogP) is 2.19. The second-order valence-electron chi connectivity index (χ2n) is 5.52. The van der Waals surface area contributed by atoms with E-state index in [2.05, 4.69) is 16.7 Å². The normalized spacial score (nSPS) is 14.5. The lowest BCUT2D eigenvalue weighted by atomic mass is 10.1. The van der Waals surface area contributed by atoms with Gasteiger partial charge in [0.25, 0.3) is 0 Å². The molecule has 0 saturated heterocycles. The van der Waals surface area contributed by atoms with Gasteiger partial charge in [0, 0.05) is 31.7 Å². The van der Waals surface area contributed by atoms with Crippen LogP contribution in [0.1, 0.15) is 38.3 Å². The van der Waals surface area contributed by atoms with Crippen molar-refractivity contribution in [2.45, 2.75) is 46.2 Å². The number of nitrogens with zero attached hydrogens (tertiary/aromatic N) is 1. The zero-order valence-corrected chi connectivity index (χ0v) is 12.9. The van der Waals surface area contributed by atoms with Crippen LogP contribution in [-0.2, 0) is 17.8 Å². The smallest absolute Gasteiger partial charge is 0.315 e. The Balaban J connectivity index is 1.95. The van der Waals surface area contributed by atoms with Gasteiger partial charge in [0.2, 0.25) is 5.91 Å². The molecule has 0 saturated carbocycles. The molecule has 114 valence electrons. The summed E-state index contributed by atoms with van der Waals surface area (Å²) in [4.78, 5) is 25.0. The first kappa shape index (κ1) is 15.4. The van der Waals surface area contributed by atoms with E-state index in [4.69, 9.17) is 0 Å². The van der Waals surface area contributed by atoms with Crippen molar-refractivity contribution in [2.24, 2.45) is 0 Å². The highest BCUT2D eigenvalue weighted by atomic mass is 16.2. The molecule has 0 bridgehead atoms. The van der Waals surface area contributed by atoms with Crippen molar-refractivity contribution in [2.75, 3.05) is 11.4 Å². The standard InChI is InChI=1S/C16H23N3O2/c1-4-11(2)18-16(21)17-10-13-5-6-15-14(9-13)7-8-19(15)12(3)20/h5-6,9,11H,4,7-8,10H2,1-3H3,(H2,17,18,21). The fraction of sp³-hybridized carbons (Fsp3) is 0.500. The largest absolute Gasteiger partial charge is 0.336 e. The maximum absolute atomic E-state index is 11.7. The second kappa shape index (κ2) is 6.61. The van der Waals surface area contributed by atoms with E-state index in [1.165, 1.54) is 5.56 Å². The van der Waals surface area contributed by atoms with Crippen LogP contribution < -0.4 is 15.5 Å². The van der Waals surface area contributed by atoms with Gasteiger partial charge in [-0.25, -0.2) is 4.79 Å². The maximum atomic E-state index is 11.7. The van der Waals surface area contributed by atoms with Gasteiger partial charge in [-0.1, -0.05) is 19.1 Å². The third-order valence-electron chi connectivity index (χ3n) is 3.86. The van der Waals surface area contributed by atoms with Gasteiger partial charge >= 0.3 is 6.03 Å². The molecule has 1 aliphatic heterocycles. The highest BCUT2D eigenvalue weighted by Gasteiger charge is 2.22. The molecule has 0 fully saturated rings. The summed E-state index contributed by atoms with van der Waals surface area (Å²) in [5.74, 6) is 0.0764. The quantitative estimate of drug-likeness (QED) is 0.892. The second-order valence-corrected chi connectivity index (χ2v) is 5.52. The van der Waals surface area contributed by atoms with Gasteiger partial charge in [0.15, 0.2) is 0 Å². The Morgan fingerprint density at radius 2 is 2.14 bits per heavy atom. The molecule has 3 amide bonds. The average molecular weight is 289 g/mol. The average Bonchev–Trinajstić information content (AvgIpc) is 2.88. The zero-order chi connectivity index (χ0) is 15.4. The van der Waals surface area contributed by atoms with Crippen LogP contribution >= 0.6 is 0 Å². The van der Waals surface area contributed by atoms with E-state index in [9.17, 15) is 9.59 Å². The van der Waals surface area contributed by atoms with E-state index in [1.54, 1.807) is 11.8 Å². The van der Waals surface area contributed by atoms with E-state index in [0.29, 0.717) is 6.54 Å². The summed E-state index contributed by atoms with van der Waals surface area (Å²) in [7, 11) is 0. The van der Waals surface area contributed by atoms with Crippen molar-refractivity contribution < 1.29 is 9.59 Å². The van der Waals surface area contributed by atoms with Gasteiger partial charge in [-0.3, -0.25) is 4.79 Å². The first-order valence-electron chi connectivity index (χ1n) is 7.45. The lowest BCUT2D eigenvalue weighted by Crippen LogP contribution is -2.40. The molecule has 1 aromatic carbocycles. The highest BCUT2D eigenvalue weighted by Crippen LogP contribution is 2.28. The van der Waals surface area contributed by atoms with Crippen LogP contribution in [0.4, 0.5) is 10.5 Å². The molecule has 1 atom stereocenters.